The zero-order valence-electron chi connectivity index (χ0n) is 10.0. The fraction of sp³-hybridized carbons (Fsp3) is 0.333. The lowest BCUT2D eigenvalue weighted by Crippen LogP contribution is -2.38. The van der Waals surface area contributed by atoms with Crippen LogP contribution in [0.25, 0.3) is 0 Å². The van der Waals surface area contributed by atoms with Gasteiger partial charge in [-0.1, -0.05) is 24.1 Å². The van der Waals surface area contributed by atoms with Gasteiger partial charge in [0.05, 0.1) is 10.9 Å². The van der Waals surface area contributed by atoms with Crippen LogP contribution in [-0.4, -0.2) is 29.5 Å². The van der Waals surface area contributed by atoms with Crippen LogP contribution in [0.1, 0.15) is 13.8 Å². The van der Waals surface area contributed by atoms with Crippen LogP contribution in [0.15, 0.2) is 35.2 Å². The van der Waals surface area contributed by atoms with E-state index in [1.165, 1.54) is 19.1 Å². The van der Waals surface area contributed by atoms with Crippen molar-refractivity contribution in [1.29, 1.82) is 0 Å². The first-order chi connectivity index (χ1) is 8.41. The number of sulfonamides is 1. The van der Waals surface area contributed by atoms with Crippen molar-refractivity contribution in [2.45, 2.75) is 30.9 Å². The van der Waals surface area contributed by atoms with Crippen molar-refractivity contribution >= 4 is 21.8 Å². The van der Waals surface area contributed by atoms with Crippen molar-refractivity contribution in [3.8, 4) is 11.8 Å². The second-order valence-corrected chi connectivity index (χ2v) is 6.02. The predicted molar refractivity (Wildman–Crippen MR) is 70.2 cm³/mol. The van der Waals surface area contributed by atoms with Crippen molar-refractivity contribution in [2.75, 3.05) is 0 Å². The molecule has 0 aromatic heterocycles. The first-order valence-electron chi connectivity index (χ1n) is 5.27. The minimum Gasteiger partial charge on any atom is -0.379 e. The highest BCUT2D eigenvalue weighted by Crippen LogP contribution is 2.21. The van der Waals surface area contributed by atoms with Gasteiger partial charge in [-0.15, -0.1) is 9.74 Å². The van der Waals surface area contributed by atoms with Gasteiger partial charge < -0.3 is 5.11 Å². The first-order valence-corrected chi connectivity index (χ1v) is 7.04. The lowest BCUT2D eigenvalue weighted by Gasteiger charge is -2.22. The maximum absolute atomic E-state index is 12.1. The SMILES string of the molecule is CC#CC(O)C(C)N(Cl)S(=O)(=O)c1ccccc1. The average molecular weight is 288 g/mol. The molecule has 1 rings (SSSR count). The van der Waals surface area contributed by atoms with Crippen LogP contribution in [0.3, 0.4) is 0 Å². The molecule has 1 aromatic carbocycles. The Hall–Kier alpha value is -1.06. The van der Waals surface area contributed by atoms with Gasteiger partial charge in [0, 0.05) is 0 Å². The van der Waals surface area contributed by atoms with Crippen molar-refractivity contribution in [2.24, 2.45) is 0 Å². The van der Waals surface area contributed by atoms with Gasteiger partial charge >= 0.3 is 0 Å². The molecule has 1 N–H and O–H groups in total. The Bertz CT molecular complexity index is 548. The average Bonchev–Trinajstić information content (AvgIpc) is 2.38. The molecule has 0 fully saturated rings. The van der Waals surface area contributed by atoms with Crippen LogP contribution in [0.4, 0.5) is 0 Å². The standard InChI is InChI=1S/C12H14ClNO3S/c1-3-7-12(15)10(2)14(13)18(16,17)11-8-5-4-6-9-11/h4-6,8-10,12,15H,1-2H3. The summed E-state index contributed by atoms with van der Waals surface area (Å²) in [6, 6.07) is 6.95. The summed E-state index contributed by atoms with van der Waals surface area (Å²) in [7, 11) is -3.83. The predicted octanol–water partition coefficient (Wildman–Crippen LogP) is 1.60. The summed E-state index contributed by atoms with van der Waals surface area (Å²) in [4.78, 5) is 0.0727. The smallest absolute Gasteiger partial charge is 0.256 e. The third-order valence-corrected chi connectivity index (χ3v) is 4.85. The van der Waals surface area contributed by atoms with Crippen molar-refractivity contribution in [1.82, 2.24) is 3.82 Å². The van der Waals surface area contributed by atoms with Gasteiger partial charge in [0.1, 0.15) is 6.10 Å². The van der Waals surface area contributed by atoms with Gasteiger partial charge in [-0.3, -0.25) is 0 Å². The minimum absolute atomic E-state index is 0.0727. The molecular formula is C12H14ClNO3S. The highest BCUT2D eigenvalue weighted by molar-refractivity contribution is 7.90. The zero-order valence-corrected chi connectivity index (χ0v) is 11.6. The van der Waals surface area contributed by atoms with Crippen LogP contribution < -0.4 is 0 Å². The minimum atomic E-state index is -3.83. The van der Waals surface area contributed by atoms with Crippen molar-refractivity contribution in [3.63, 3.8) is 0 Å². The van der Waals surface area contributed by atoms with Crippen molar-refractivity contribution < 1.29 is 13.5 Å². The number of hydrogen-bond acceptors (Lipinski definition) is 3. The van der Waals surface area contributed by atoms with Crippen LogP contribution in [0, 0.1) is 11.8 Å². The van der Waals surface area contributed by atoms with E-state index in [1.54, 1.807) is 25.1 Å². The molecule has 0 aliphatic carbocycles. The van der Waals surface area contributed by atoms with E-state index in [4.69, 9.17) is 11.8 Å². The van der Waals surface area contributed by atoms with E-state index in [9.17, 15) is 13.5 Å². The monoisotopic (exact) mass is 287 g/mol. The maximum atomic E-state index is 12.1. The molecule has 4 nitrogen and oxygen atoms in total. The van der Waals surface area contributed by atoms with E-state index in [-0.39, 0.29) is 4.90 Å². The van der Waals surface area contributed by atoms with Crippen LogP contribution >= 0.6 is 11.8 Å². The second-order valence-electron chi connectivity index (χ2n) is 3.64. The topological polar surface area (TPSA) is 57.6 Å². The summed E-state index contributed by atoms with van der Waals surface area (Å²) in [5, 5.41) is 9.63. The fourth-order valence-electron chi connectivity index (χ4n) is 1.29. The molecule has 2 atom stereocenters. The molecule has 0 saturated carbocycles. The molecule has 0 saturated heterocycles. The first kappa shape index (κ1) is 15.0. The quantitative estimate of drug-likeness (QED) is 0.676. The zero-order chi connectivity index (χ0) is 13.8. The highest BCUT2D eigenvalue weighted by Gasteiger charge is 2.31. The van der Waals surface area contributed by atoms with Gasteiger partial charge in [0.25, 0.3) is 10.0 Å². The molecule has 2 unspecified atom stereocenters. The van der Waals surface area contributed by atoms with E-state index in [1.807, 2.05) is 0 Å². The summed E-state index contributed by atoms with van der Waals surface area (Å²) in [6.45, 7) is 3.04. The molecule has 0 amide bonds. The molecule has 0 aliphatic rings. The maximum Gasteiger partial charge on any atom is 0.256 e. The summed E-state index contributed by atoms with van der Waals surface area (Å²) < 4.78 is 24.8. The lowest BCUT2D eigenvalue weighted by atomic mass is 10.2. The molecule has 0 radical (unpaired) electrons. The van der Waals surface area contributed by atoms with Crippen LogP contribution in [0.5, 0.6) is 0 Å². The van der Waals surface area contributed by atoms with Gasteiger partial charge in [-0.05, 0) is 37.8 Å². The normalized spacial score (nSPS) is 14.7. The molecule has 6 heteroatoms. The van der Waals surface area contributed by atoms with Gasteiger partial charge in [-0.25, -0.2) is 8.42 Å². The molecule has 18 heavy (non-hydrogen) atoms. The Morgan fingerprint density at radius 2 is 1.89 bits per heavy atom. The Morgan fingerprint density at radius 1 is 1.33 bits per heavy atom. The number of nitrogens with zero attached hydrogens (tertiary/aromatic N) is 1. The number of halogens is 1. The lowest BCUT2D eigenvalue weighted by molar-refractivity contribution is 0.175. The molecule has 0 aliphatic heterocycles. The van der Waals surface area contributed by atoms with E-state index in [2.05, 4.69) is 11.8 Å². The Kier molecular flexibility index (Phi) is 5.17. The number of hydrogen-bond donors (Lipinski definition) is 1. The van der Waals surface area contributed by atoms with Gasteiger partial charge in [0.2, 0.25) is 0 Å². The fourth-order valence-corrected chi connectivity index (χ4v) is 2.89. The highest BCUT2D eigenvalue weighted by atomic mass is 35.5. The van der Waals surface area contributed by atoms with Crippen LogP contribution in [-0.2, 0) is 10.0 Å². The molecule has 0 heterocycles. The van der Waals surface area contributed by atoms with Crippen LogP contribution in [0.2, 0.25) is 0 Å². The molecular weight excluding hydrogens is 274 g/mol. The van der Waals surface area contributed by atoms with E-state index >= 15 is 0 Å². The summed E-state index contributed by atoms with van der Waals surface area (Å²) in [5.74, 6) is 4.98. The molecule has 0 spiro atoms. The van der Waals surface area contributed by atoms with E-state index < -0.39 is 22.2 Å². The van der Waals surface area contributed by atoms with Crippen molar-refractivity contribution in [3.05, 3.63) is 30.3 Å². The Labute approximate surface area is 112 Å². The van der Waals surface area contributed by atoms with Gasteiger partial charge in [0.15, 0.2) is 0 Å². The molecule has 0 bridgehead atoms. The summed E-state index contributed by atoms with van der Waals surface area (Å²) in [5.41, 5.74) is 0. The largest absolute Gasteiger partial charge is 0.379 e. The third kappa shape index (κ3) is 3.24. The number of aliphatic hydroxyl groups is 1. The Morgan fingerprint density at radius 3 is 2.39 bits per heavy atom. The number of aliphatic hydroxyl groups excluding tert-OH is 1. The second kappa shape index (κ2) is 6.21. The summed E-state index contributed by atoms with van der Waals surface area (Å²) in [6.07, 6.45) is -1.13. The number of benzene rings is 1. The van der Waals surface area contributed by atoms with E-state index in [0.717, 1.165) is 0 Å². The van der Waals surface area contributed by atoms with E-state index in [0.29, 0.717) is 3.82 Å². The molecule has 1 aromatic rings. The third-order valence-electron chi connectivity index (χ3n) is 2.34. The summed E-state index contributed by atoms with van der Waals surface area (Å²) >= 11 is 5.81. The number of rotatable bonds is 4. The van der Waals surface area contributed by atoms with Gasteiger partial charge in [-0.2, -0.15) is 0 Å². The molecule has 98 valence electrons. The Balaban J connectivity index is 3.02.